The Morgan fingerprint density at radius 2 is 2.03 bits per heavy atom. The molecule has 0 amide bonds. The summed E-state index contributed by atoms with van der Waals surface area (Å²) in [5, 5.41) is 24.9. The number of likely N-dealkylation sites (tertiary alicyclic amines) is 1. The molecule has 5 aliphatic rings. The molecule has 8 rings (SSSR count). The Hall–Kier alpha value is -2.50. The number of phenols is 1. The molecule has 1 saturated heterocycles. The van der Waals surface area contributed by atoms with Crippen molar-refractivity contribution in [3.63, 3.8) is 0 Å². The van der Waals surface area contributed by atoms with E-state index in [0.29, 0.717) is 12.2 Å². The monoisotopic (exact) mass is 428 g/mol. The van der Waals surface area contributed by atoms with Crippen molar-refractivity contribution in [2.75, 3.05) is 13.1 Å². The third-order valence-electron chi connectivity index (χ3n) is 9.29. The van der Waals surface area contributed by atoms with E-state index in [1.807, 2.05) is 0 Å². The van der Waals surface area contributed by atoms with Crippen molar-refractivity contribution in [2.24, 2.45) is 5.92 Å². The Bertz CT molecular complexity index is 1290. The predicted octanol–water partition coefficient (Wildman–Crippen LogP) is 3.96. The van der Waals surface area contributed by atoms with Crippen molar-refractivity contribution in [3.8, 4) is 11.5 Å². The molecule has 1 aromatic heterocycles. The zero-order valence-electron chi connectivity index (χ0n) is 18.1. The van der Waals surface area contributed by atoms with Gasteiger partial charge in [0.1, 0.15) is 0 Å². The van der Waals surface area contributed by atoms with Gasteiger partial charge in [-0.1, -0.05) is 24.3 Å². The highest BCUT2D eigenvalue weighted by molar-refractivity contribution is 5.86. The van der Waals surface area contributed by atoms with Gasteiger partial charge in [0.05, 0.1) is 16.7 Å². The summed E-state index contributed by atoms with van der Waals surface area (Å²) in [5.74, 6) is 1.59. The Kier molecular flexibility index (Phi) is 3.20. The number of aromatic nitrogens is 1. The smallest absolute Gasteiger partial charge is 0.166 e. The number of aromatic amines is 1. The van der Waals surface area contributed by atoms with Gasteiger partial charge >= 0.3 is 0 Å². The normalized spacial score (nSPS) is 34.7. The molecule has 164 valence electrons. The Morgan fingerprint density at radius 3 is 2.91 bits per heavy atom. The molecule has 1 saturated carbocycles. The van der Waals surface area contributed by atoms with Crippen molar-refractivity contribution >= 4 is 10.9 Å². The summed E-state index contributed by atoms with van der Waals surface area (Å²) in [5.41, 5.74) is 4.27. The van der Waals surface area contributed by atoms with Crippen LogP contribution in [0, 0.1) is 5.92 Å². The highest BCUT2D eigenvalue weighted by Gasteiger charge is 2.71. The van der Waals surface area contributed by atoms with Crippen molar-refractivity contribution in [1.82, 2.24) is 9.88 Å². The highest BCUT2D eigenvalue weighted by atomic mass is 16.5. The van der Waals surface area contributed by atoms with Gasteiger partial charge in [-0.25, -0.2) is 0 Å². The maximum Gasteiger partial charge on any atom is 0.166 e. The molecule has 2 unspecified atom stereocenters. The number of aromatic hydroxyl groups is 1. The molecule has 3 aromatic rings. The third-order valence-corrected chi connectivity index (χ3v) is 9.29. The van der Waals surface area contributed by atoms with Gasteiger partial charge in [0.25, 0.3) is 0 Å². The number of H-pyrrole nitrogens is 1. The molecular formula is C27H28N2O3. The number of rotatable bonds is 2. The second-order valence-corrected chi connectivity index (χ2v) is 10.8. The predicted molar refractivity (Wildman–Crippen MR) is 121 cm³/mol. The molecule has 4 atom stereocenters. The first-order valence-corrected chi connectivity index (χ1v) is 12.2. The summed E-state index contributed by atoms with van der Waals surface area (Å²) in [7, 11) is 0. The minimum Gasteiger partial charge on any atom is -0.504 e. The van der Waals surface area contributed by atoms with Gasteiger partial charge in [0.15, 0.2) is 17.6 Å². The molecule has 3 N–H and O–H groups in total. The van der Waals surface area contributed by atoms with E-state index in [1.165, 1.54) is 29.4 Å². The standard InChI is InChI=1S/C27H28N2O3/c30-20-9-8-16-12-21-27(31)13-18-17-4-1-2-5-19(17)28-23(18)25-26(27,22(16)24(20)32-25)10-3-11-29(21)14-15-6-7-15/h1-2,4-5,8-9,15,21,25,28,30-31H,3,6-7,10-14H2/t21?,25-,26?,27+/m0/s1. The zero-order chi connectivity index (χ0) is 21.2. The van der Waals surface area contributed by atoms with Crippen LogP contribution in [0.4, 0.5) is 0 Å². The lowest BCUT2D eigenvalue weighted by molar-refractivity contribution is -0.134. The minimum atomic E-state index is -0.924. The van der Waals surface area contributed by atoms with E-state index in [9.17, 15) is 10.2 Å². The largest absolute Gasteiger partial charge is 0.504 e. The van der Waals surface area contributed by atoms with E-state index in [2.05, 4.69) is 40.2 Å². The Labute approximate surface area is 187 Å². The number of hydrogen-bond donors (Lipinski definition) is 3. The molecule has 1 spiro atoms. The number of aliphatic hydroxyl groups is 1. The van der Waals surface area contributed by atoms with Crippen LogP contribution < -0.4 is 4.74 Å². The average molecular weight is 429 g/mol. The molecule has 2 fully saturated rings. The minimum absolute atomic E-state index is 0.0708. The number of para-hydroxylation sites is 1. The van der Waals surface area contributed by atoms with Crippen molar-refractivity contribution in [3.05, 3.63) is 58.8 Å². The molecule has 0 radical (unpaired) electrons. The summed E-state index contributed by atoms with van der Waals surface area (Å²) in [6.45, 7) is 2.12. The summed E-state index contributed by atoms with van der Waals surface area (Å²) in [6.07, 6.45) is 5.71. The van der Waals surface area contributed by atoms with Crippen LogP contribution in [-0.4, -0.2) is 44.8 Å². The molecule has 3 heterocycles. The molecule has 3 aliphatic carbocycles. The first-order valence-electron chi connectivity index (χ1n) is 12.2. The number of nitrogens with one attached hydrogen (secondary N) is 1. The van der Waals surface area contributed by atoms with Crippen LogP contribution in [0.5, 0.6) is 11.5 Å². The van der Waals surface area contributed by atoms with Crippen molar-refractivity contribution in [1.29, 1.82) is 0 Å². The number of nitrogens with zero attached hydrogens (tertiary/aromatic N) is 1. The third kappa shape index (κ3) is 1.95. The summed E-state index contributed by atoms with van der Waals surface area (Å²) in [4.78, 5) is 6.27. The van der Waals surface area contributed by atoms with E-state index in [0.717, 1.165) is 55.0 Å². The molecule has 2 aliphatic heterocycles. The lowest BCUT2D eigenvalue weighted by Gasteiger charge is -2.57. The van der Waals surface area contributed by atoms with Gasteiger partial charge in [-0.05, 0) is 67.8 Å². The zero-order valence-corrected chi connectivity index (χ0v) is 18.1. The van der Waals surface area contributed by atoms with Crippen LogP contribution >= 0.6 is 0 Å². The number of fused-ring (bicyclic) bond motifs is 4. The van der Waals surface area contributed by atoms with E-state index in [4.69, 9.17) is 4.74 Å². The molecular weight excluding hydrogens is 400 g/mol. The van der Waals surface area contributed by atoms with Gasteiger partial charge < -0.3 is 19.9 Å². The van der Waals surface area contributed by atoms with Gasteiger partial charge in [0.2, 0.25) is 0 Å². The van der Waals surface area contributed by atoms with E-state index < -0.39 is 11.0 Å². The van der Waals surface area contributed by atoms with Gasteiger partial charge in [-0.15, -0.1) is 0 Å². The lowest BCUT2D eigenvalue weighted by Crippen LogP contribution is -2.69. The van der Waals surface area contributed by atoms with Gasteiger partial charge in [-0.3, -0.25) is 4.90 Å². The summed E-state index contributed by atoms with van der Waals surface area (Å²) in [6, 6.07) is 12.3. The second kappa shape index (κ2) is 5.70. The lowest BCUT2D eigenvalue weighted by atomic mass is 9.51. The fourth-order valence-corrected chi connectivity index (χ4v) is 7.82. The van der Waals surface area contributed by atoms with Crippen molar-refractivity contribution < 1.29 is 14.9 Å². The van der Waals surface area contributed by atoms with Crippen LogP contribution in [0.2, 0.25) is 0 Å². The molecule has 5 heteroatoms. The van der Waals surface area contributed by atoms with Crippen LogP contribution in [0.1, 0.15) is 54.2 Å². The summed E-state index contributed by atoms with van der Waals surface area (Å²) >= 11 is 0. The Morgan fingerprint density at radius 1 is 1.16 bits per heavy atom. The maximum absolute atomic E-state index is 12.9. The highest BCUT2D eigenvalue weighted by Crippen LogP contribution is 2.68. The SMILES string of the molecule is Oc1ccc2c3c1O[C@H]1c4[nH]c5ccccc5c4C[C@@]4(O)C(C2)N(CC2CC2)CCCC314. The fraction of sp³-hybridized carbons (Fsp3) is 0.481. The Balaban J connectivity index is 1.44. The van der Waals surface area contributed by atoms with Crippen LogP contribution in [0.3, 0.4) is 0 Å². The average Bonchev–Trinajstić information content (AvgIpc) is 3.43. The van der Waals surface area contributed by atoms with Crippen LogP contribution in [0.15, 0.2) is 36.4 Å². The van der Waals surface area contributed by atoms with Crippen LogP contribution in [0.25, 0.3) is 10.9 Å². The van der Waals surface area contributed by atoms with Crippen molar-refractivity contribution in [2.45, 2.75) is 61.7 Å². The maximum atomic E-state index is 12.9. The molecule has 32 heavy (non-hydrogen) atoms. The number of phenolic OH excluding ortho intramolecular Hbond substituents is 1. The second-order valence-electron chi connectivity index (χ2n) is 10.8. The van der Waals surface area contributed by atoms with Gasteiger partial charge in [0, 0.05) is 35.5 Å². The van der Waals surface area contributed by atoms with Gasteiger partial charge in [-0.2, -0.15) is 0 Å². The van der Waals surface area contributed by atoms with Crippen LogP contribution in [-0.2, 0) is 18.3 Å². The number of ether oxygens (including phenoxy) is 1. The van der Waals surface area contributed by atoms with E-state index in [-0.39, 0.29) is 17.9 Å². The first-order chi connectivity index (χ1) is 15.6. The topological polar surface area (TPSA) is 68.7 Å². The summed E-state index contributed by atoms with van der Waals surface area (Å²) < 4.78 is 6.66. The molecule has 2 bridgehead atoms. The number of benzene rings is 2. The first kappa shape index (κ1) is 18.0. The van der Waals surface area contributed by atoms with E-state index in [1.54, 1.807) is 6.07 Å². The quantitative estimate of drug-likeness (QED) is 0.578. The number of hydrogen-bond acceptors (Lipinski definition) is 4. The molecule has 2 aromatic carbocycles. The van der Waals surface area contributed by atoms with E-state index >= 15 is 0 Å². The fourth-order valence-electron chi connectivity index (χ4n) is 7.82. The molecule has 5 nitrogen and oxygen atoms in total.